The second-order valence-corrected chi connectivity index (χ2v) is 7.54. The van der Waals surface area contributed by atoms with Crippen LogP contribution in [-0.2, 0) is 9.59 Å². The third-order valence-corrected chi connectivity index (χ3v) is 5.37. The van der Waals surface area contributed by atoms with Gasteiger partial charge in [0.2, 0.25) is 11.8 Å². The van der Waals surface area contributed by atoms with Gasteiger partial charge in [-0.05, 0) is 36.7 Å². The summed E-state index contributed by atoms with van der Waals surface area (Å²) in [7, 11) is 1.69. The van der Waals surface area contributed by atoms with E-state index < -0.39 is 6.04 Å². The first-order chi connectivity index (χ1) is 14.5. The minimum Gasteiger partial charge on any atom is -0.350 e. The predicted octanol–water partition coefficient (Wildman–Crippen LogP) is 1.73. The van der Waals surface area contributed by atoms with E-state index in [1.165, 1.54) is 0 Å². The second-order valence-electron chi connectivity index (χ2n) is 7.54. The fraction of sp³-hybridized carbons (Fsp3) is 0.261. The largest absolute Gasteiger partial charge is 0.350 e. The van der Waals surface area contributed by atoms with Gasteiger partial charge in [0, 0.05) is 12.6 Å². The van der Waals surface area contributed by atoms with Crippen molar-refractivity contribution in [3.8, 4) is 0 Å². The fourth-order valence-electron chi connectivity index (χ4n) is 3.93. The zero-order chi connectivity index (χ0) is 21.1. The van der Waals surface area contributed by atoms with Crippen molar-refractivity contribution < 1.29 is 14.4 Å². The van der Waals surface area contributed by atoms with Crippen LogP contribution >= 0.6 is 0 Å². The number of benzene rings is 2. The molecule has 1 saturated heterocycles. The minimum absolute atomic E-state index is 0.151. The molecule has 0 spiro atoms. The summed E-state index contributed by atoms with van der Waals surface area (Å²) in [6.45, 7) is 0.511. The minimum atomic E-state index is -0.590. The van der Waals surface area contributed by atoms with Crippen LogP contribution in [0.5, 0.6) is 0 Å². The quantitative estimate of drug-likeness (QED) is 0.662. The molecule has 0 radical (unpaired) electrons. The van der Waals surface area contributed by atoms with Crippen LogP contribution in [-0.4, -0.2) is 54.8 Å². The van der Waals surface area contributed by atoms with Gasteiger partial charge in [-0.2, -0.15) is 0 Å². The first kappa shape index (κ1) is 19.8. The SMILES string of the molecule is CNCC(=O)NC1CC2C(=O)Nc3ccc(C=Cc4ccccc4)cc3C(=O)N2C1. The number of carbonyl (C=O) groups excluding carboxylic acids is 3. The number of fused-ring (bicyclic) bond motifs is 2. The van der Waals surface area contributed by atoms with Gasteiger partial charge in [0.05, 0.1) is 17.8 Å². The van der Waals surface area contributed by atoms with Crippen molar-refractivity contribution >= 4 is 35.6 Å². The van der Waals surface area contributed by atoms with E-state index in [1.807, 2.05) is 48.6 Å². The van der Waals surface area contributed by atoms with Crippen LogP contribution in [0.25, 0.3) is 12.2 Å². The lowest BCUT2D eigenvalue weighted by atomic mass is 10.1. The molecule has 2 aliphatic heterocycles. The van der Waals surface area contributed by atoms with E-state index in [0.29, 0.717) is 24.2 Å². The Morgan fingerprint density at radius 1 is 1.13 bits per heavy atom. The Morgan fingerprint density at radius 3 is 2.67 bits per heavy atom. The number of amides is 3. The molecule has 2 aromatic carbocycles. The van der Waals surface area contributed by atoms with Gasteiger partial charge in [-0.1, -0.05) is 48.6 Å². The highest BCUT2D eigenvalue weighted by molar-refractivity contribution is 6.10. The monoisotopic (exact) mass is 404 g/mol. The van der Waals surface area contributed by atoms with E-state index in [0.717, 1.165) is 11.1 Å². The number of rotatable bonds is 5. The maximum atomic E-state index is 13.2. The van der Waals surface area contributed by atoms with Crippen molar-refractivity contribution in [2.75, 3.05) is 25.5 Å². The van der Waals surface area contributed by atoms with Crippen LogP contribution in [0.15, 0.2) is 48.5 Å². The molecule has 4 rings (SSSR count). The highest BCUT2D eigenvalue weighted by Gasteiger charge is 2.43. The lowest BCUT2D eigenvalue weighted by Crippen LogP contribution is -2.42. The van der Waals surface area contributed by atoms with Crippen LogP contribution in [0.4, 0.5) is 5.69 Å². The Balaban J connectivity index is 1.56. The van der Waals surface area contributed by atoms with Crippen LogP contribution in [0.3, 0.4) is 0 Å². The van der Waals surface area contributed by atoms with E-state index in [1.54, 1.807) is 24.1 Å². The van der Waals surface area contributed by atoms with Crippen molar-refractivity contribution in [3.63, 3.8) is 0 Å². The summed E-state index contributed by atoms with van der Waals surface area (Å²) >= 11 is 0. The van der Waals surface area contributed by atoms with Gasteiger partial charge in [-0.25, -0.2) is 0 Å². The van der Waals surface area contributed by atoms with E-state index >= 15 is 0 Å². The summed E-state index contributed by atoms with van der Waals surface area (Å²) < 4.78 is 0. The molecule has 3 N–H and O–H groups in total. The van der Waals surface area contributed by atoms with Gasteiger partial charge in [-0.3, -0.25) is 14.4 Å². The van der Waals surface area contributed by atoms with E-state index in [9.17, 15) is 14.4 Å². The molecule has 3 amide bonds. The molecule has 7 nitrogen and oxygen atoms in total. The molecule has 7 heteroatoms. The van der Waals surface area contributed by atoms with E-state index in [-0.39, 0.29) is 30.3 Å². The molecule has 0 aliphatic carbocycles. The maximum absolute atomic E-state index is 13.2. The van der Waals surface area contributed by atoms with Crippen molar-refractivity contribution in [2.45, 2.75) is 18.5 Å². The number of anilines is 1. The van der Waals surface area contributed by atoms with Gasteiger partial charge in [0.15, 0.2) is 0 Å². The molecule has 2 aromatic rings. The zero-order valence-corrected chi connectivity index (χ0v) is 16.7. The first-order valence-corrected chi connectivity index (χ1v) is 9.98. The summed E-state index contributed by atoms with van der Waals surface area (Å²) in [4.78, 5) is 39.4. The standard InChI is InChI=1S/C23H24N4O3/c1-24-13-21(28)25-17-12-20-22(29)26-19-10-9-16(8-7-15-5-3-2-4-6-15)11-18(19)23(30)27(20)14-17/h2-11,17,20,24H,12-14H2,1H3,(H,25,28)(H,26,29). The lowest BCUT2D eigenvalue weighted by molar-refractivity contribution is -0.121. The average Bonchev–Trinajstić information content (AvgIpc) is 3.13. The Morgan fingerprint density at radius 2 is 1.90 bits per heavy atom. The Kier molecular flexibility index (Phi) is 5.63. The summed E-state index contributed by atoms with van der Waals surface area (Å²) in [6.07, 6.45) is 4.33. The van der Waals surface area contributed by atoms with Crippen molar-refractivity contribution in [2.24, 2.45) is 0 Å². The number of carbonyl (C=O) groups is 3. The molecular formula is C23H24N4O3. The van der Waals surface area contributed by atoms with E-state index in [2.05, 4.69) is 16.0 Å². The topological polar surface area (TPSA) is 90.5 Å². The molecule has 2 heterocycles. The molecule has 2 aliphatic rings. The molecule has 0 saturated carbocycles. The Bertz CT molecular complexity index is 1000. The Hall–Kier alpha value is -3.45. The first-order valence-electron chi connectivity index (χ1n) is 9.98. The summed E-state index contributed by atoms with van der Waals surface area (Å²) in [5.41, 5.74) is 2.92. The third-order valence-electron chi connectivity index (χ3n) is 5.37. The molecule has 154 valence electrons. The van der Waals surface area contributed by atoms with Crippen molar-refractivity contribution in [3.05, 3.63) is 65.2 Å². The summed E-state index contributed by atoms with van der Waals surface area (Å²) in [5, 5.41) is 8.56. The summed E-state index contributed by atoms with van der Waals surface area (Å²) in [5.74, 6) is -0.574. The molecule has 0 aromatic heterocycles. The molecule has 2 unspecified atom stereocenters. The smallest absolute Gasteiger partial charge is 0.256 e. The predicted molar refractivity (Wildman–Crippen MR) is 116 cm³/mol. The molecular weight excluding hydrogens is 380 g/mol. The van der Waals surface area contributed by atoms with Crippen LogP contribution in [0.2, 0.25) is 0 Å². The lowest BCUT2D eigenvalue weighted by Gasteiger charge is -2.20. The van der Waals surface area contributed by atoms with Gasteiger partial charge in [-0.15, -0.1) is 0 Å². The number of hydrogen-bond donors (Lipinski definition) is 3. The van der Waals surface area contributed by atoms with E-state index in [4.69, 9.17) is 0 Å². The number of hydrogen-bond acceptors (Lipinski definition) is 4. The van der Waals surface area contributed by atoms with Gasteiger partial charge in [0.1, 0.15) is 6.04 Å². The maximum Gasteiger partial charge on any atom is 0.256 e. The van der Waals surface area contributed by atoms with Crippen LogP contribution in [0, 0.1) is 0 Å². The second kappa shape index (κ2) is 8.51. The van der Waals surface area contributed by atoms with Crippen molar-refractivity contribution in [1.82, 2.24) is 15.5 Å². The molecule has 0 bridgehead atoms. The Labute approximate surface area is 175 Å². The number of likely N-dealkylation sites (N-methyl/N-ethyl adjacent to an activating group) is 1. The number of nitrogens with zero attached hydrogens (tertiary/aromatic N) is 1. The fourth-order valence-corrected chi connectivity index (χ4v) is 3.93. The molecule has 2 atom stereocenters. The van der Waals surface area contributed by atoms with Gasteiger partial charge >= 0.3 is 0 Å². The average molecular weight is 404 g/mol. The van der Waals surface area contributed by atoms with Gasteiger partial charge in [0.25, 0.3) is 5.91 Å². The van der Waals surface area contributed by atoms with Crippen LogP contribution < -0.4 is 16.0 Å². The van der Waals surface area contributed by atoms with Crippen molar-refractivity contribution in [1.29, 1.82) is 0 Å². The van der Waals surface area contributed by atoms with Gasteiger partial charge < -0.3 is 20.9 Å². The normalized spacial score (nSPS) is 20.5. The molecule has 1 fully saturated rings. The third kappa shape index (κ3) is 4.11. The highest BCUT2D eigenvalue weighted by Crippen LogP contribution is 2.30. The zero-order valence-electron chi connectivity index (χ0n) is 16.7. The summed E-state index contributed by atoms with van der Waals surface area (Å²) in [6, 6.07) is 14.5. The number of nitrogens with one attached hydrogen (secondary N) is 3. The highest BCUT2D eigenvalue weighted by atomic mass is 16.2. The van der Waals surface area contributed by atoms with Crippen LogP contribution in [0.1, 0.15) is 27.9 Å². The molecule has 30 heavy (non-hydrogen) atoms.